The number of nitrogens with one attached hydrogen (secondary N) is 2. The number of rotatable bonds is 6. The van der Waals surface area contributed by atoms with Gasteiger partial charge in [-0.15, -0.1) is 0 Å². The van der Waals surface area contributed by atoms with Gasteiger partial charge in [0.25, 0.3) is 0 Å². The van der Waals surface area contributed by atoms with Crippen molar-refractivity contribution in [1.29, 1.82) is 0 Å². The monoisotopic (exact) mass is 362 g/mol. The number of amides is 2. The van der Waals surface area contributed by atoms with Crippen LogP contribution in [0.3, 0.4) is 0 Å². The standard InChI is InChI=1S/C21H22N4O2/c1-15(23-16(2)26)21(27)22-13-18-14-25(19-11-7-4-8-12-19)24-20(18)17-9-5-3-6-10-17/h3-12,14-15H,13H2,1-2H3,(H,22,27)(H,23,26)/t15-/m0/s1. The maximum Gasteiger partial charge on any atom is 0.242 e. The lowest BCUT2D eigenvalue weighted by Gasteiger charge is -2.12. The van der Waals surface area contributed by atoms with Crippen LogP contribution in [0.15, 0.2) is 66.9 Å². The van der Waals surface area contributed by atoms with Crippen LogP contribution in [0.5, 0.6) is 0 Å². The first-order chi connectivity index (χ1) is 13.0. The fraction of sp³-hybridized carbons (Fsp3) is 0.190. The van der Waals surface area contributed by atoms with Crippen molar-refractivity contribution in [2.24, 2.45) is 0 Å². The summed E-state index contributed by atoms with van der Waals surface area (Å²) in [5.74, 6) is -0.476. The van der Waals surface area contributed by atoms with Gasteiger partial charge >= 0.3 is 0 Å². The minimum absolute atomic E-state index is 0.237. The van der Waals surface area contributed by atoms with Gasteiger partial charge in [-0.25, -0.2) is 4.68 Å². The van der Waals surface area contributed by atoms with Crippen LogP contribution in [0.4, 0.5) is 0 Å². The zero-order chi connectivity index (χ0) is 19.2. The lowest BCUT2D eigenvalue weighted by atomic mass is 10.1. The summed E-state index contributed by atoms with van der Waals surface area (Å²) in [6, 6.07) is 19.1. The Labute approximate surface area is 158 Å². The van der Waals surface area contributed by atoms with Gasteiger partial charge in [0.15, 0.2) is 0 Å². The van der Waals surface area contributed by atoms with E-state index in [4.69, 9.17) is 5.10 Å². The van der Waals surface area contributed by atoms with Gasteiger partial charge in [-0.3, -0.25) is 9.59 Å². The lowest BCUT2D eigenvalue weighted by molar-refractivity contribution is -0.127. The summed E-state index contributed by atoms with van der Waals surface area (Å²) < 4.78 is 1.81. The summed E-state index contributed by atoms with van der Waals surface area (Å²) in [5.41, 5.74) is 3.63. The highest BCUT2D eigenvalue weighted by Crippen LogP contribution is 2.23. The first-order valence-electron chi connectivity index (χ1n) is 8.79. The van der Waals surface area contributed by atoms with Crippen LogP contribution in [0.25, 0.3) is 16.9 Å². The van der Waals surface area contributed by atoms with Crippen molar-refractivity contribution >= 4 is 11.8 Å². The van der Waals surface area contributed by atoms with Crippen LogP contribution < -0.4 is 10.6 Å². The van der Waals surface area contributed by atoms with E-state index >= 15 is 0 Å². The van der Waals surface area contributed by atoms with Crippen molar-refractivity contribution in [3.8, 4) is 16.9 Å². The molecule has 2 N–H and O–H groups in total. The fourth-order valence-corrected chi connectivity index (χ4v) is 2.80. The Hall–Kier alpha value is -3.41. The molecule has 0 saturated heterocycles. The molecule has 0 aliphatic heterocycles. The molecule has 2 amide bonds. The van der Waals surface area contributed by atoms with Crippen LogP contribution in [-0.2, 0) is 16.1 Å². The smallest absolute Gasteiger partial charge is 0.242 e. The molecule has 138 valence electrons. The predicted octanol–water partition coefficient (Wildman–Crippen LogP) is 2.68. The van der Waals surface area contributed by atoms with Crippen molar-refractivity contribution in [2.45, 2.75) is 26.4 Å². The molecular formula is C21H22N4O2. The van der Waals surface area contributed by atoms with E-state index in [0.717, 1.165) is 22.5 Å². The van der Waals surface area contributed by atoms with Crippen LogP contribution in [0.1, 0.15) is 19.4 Å². The number of benzene rings is 2. The van der Waals surface area contributed by atoms with Gasteiger partial charge in [-0.05, 0) is 19.1 Å². The molecule has 0 unspecified atom stereocenters. The average molecular weight is 362 g/mol. The molecule has 3 rings (SSSR count). The van der Waals surface area contributed by atoms with Gasteiger partial charge in [0, 0.05) is 30.8 Å². The van der Waals surface area contributed by atoms with Crippen molar-refractivity contribution in [3.05, 3.63) is 72.4 Å². The Bertz CT molecular complexity index is 920. The third kappa shape index (κ3) is 4.61. The topological polar surface area (TPSA) is 76.0 Å². The van der Waals surface area contributed by atoms with Crippen molar-refractivity contribution in [1.82, 2.24) is 20.4 Å². The third-order valence-corrected chi connectivity index (χ3v) is 4.12. The van der Waals surface area contributed by atoms with E-state index < -0.39 is 6.04 Å². The number of para-hydroxylation sites is 1. The van der Waals surface area contributed by atoms with E-state index in [2.05, 4.69) is 10.6 Å². The number of nitrogens with zero attached hydrogens (tertiary/aromatic N) is 2. The number of carbonyl (C=O) groups excluding carboxylic acids is 2. The summed E-state index contributed by atoms with van der Waals surface area (Å²) in [7, 11) is 0. The number of carbonyl (C=O) groups is 2. The Kier molecular flexibility index (Phi) is 5.66. The molecule has 3 aromatic rings. The van der Waals surface area contributed by atoms with Crippen molar-refractivity contribution < 1.29 is 9.59 Å². The molecule has 0 radical (unpaired) electrons. The Morgan fingerprint density at radius 1 is 1.04 bits per heavy atom. The van der Waals surface area contributed by atoms with Gasteiger partial charge in [-0.2, -0.15) is 5.10 Å². The van der Waals surface area contributed by atoms with Crippen LogP contribution >= 0.6 is 0 Å². The Morgan fingerprint density at radius 3 is 2.30 bits per heavy atom. The molecular weight excluding hydrogens is 340 g/mol. The summed E-state index contributed by atoms with van der Waals surface area (Å²) in [6.45, 7) is 3.36. The molecule has 1 atom stereocenters. The van der Waals surface area contributed by atoms with E-state index in [1.807, 2.05) is 66.9 Å². The second kappa shape index (κ2) is 8.31. The van der Waals surface area contributed by atoms with Gasteiger partial charge in [0.1, 0.15) is 6.04 Å². The molecule has 6 nitrogen and oxygen atoms in total. The SMILES string of the molecule is CC(=O)N[C@@H](C)C(=O)NCc1cn(-c2ccccc2)nc1-c1ccccc1. The minimum Gasteiger partial charge on any atom is -0.350 e. The first-order valence-corrected chi connectivity index (χ1v) is 8.79. The molecule has 0 spiro atoms. The van der Waals surface area contributed by atoms with Crippen molar-refractivity contribution in [2.75, 3.05) is 0 Å². The number of hydrogen-bond acceptors (Lipinski definition) is 3. The van der Waals surface area contributed by atoms with E-state index in [1.54, 1.807) is 11.6 Å². The molecule has 27 heavy (non-hydrogen) atoms. The molecule has 0 bridgehead atoms. The maximum atomic E-state index is 12.2. The second-order valence-electron chi connectivity index (χ2n) is 6.29. The number of aromatic nitrogens is 2. The predicted molar refractivity (Wildman–Crippen MR) is 104 cm³/mol. The second-order valence-corrected chi connectivity index (χ2v) is 6.29. The normalized spacial score (nSPS) is 11.6. The largest absolute Gasteiger partial charge is 0.350 e. The Balaban J connectivity index is 1.86. The fourth-order valence-electron chi connectivity index (χ4n) is 2.80. The zero-order valence-corrected chi connectivity index (χ0v) is 15.3. The summed E-state index contributed by atoms with van der Waals surface area (Å²) in [4.78, 5) is 23.4. The lowest BCUT2D eigenvalue weighted by Crippen LogP contribution is -2.43. The average Bonchev–Trinajstić information content (AvgIpc) is 3.11. The molecule has 0 saturated carbocycles. The molecule has 6 heteroatoms. The highest BCUT2D eigenvalue weighted by Gasteiger charge is 2.16. The molecule has 1 aromatic heterocycles. The maximum absolute atomic E-state index is 12.2. The van der Waals surface area contributed by atoms with E-state index in [-0.39, 0.29) is 11.8 Å². The van der Waals surface area contributed by atoms with E-state index in [9.17, 15) is 9.59 Å². The van der Waals surface area contributed by atoms with Crippen LogP contribution in [-0.4, -0.2) is 27.6 Å². The molecule has 0 fully saturated rings. The number of hydrogen-bond donors (Lipinski definition) is 2. The molecule has 1 heterocycles. The Morgan fingerprint density at radius 2 is 1.67 bits per heavy atom. The summed E-state index contributed by atoms with van der Waals surface area (Å²) in [5, 5.41) is 10.2. The van der Waals surface area contributed by atoms with Gasteiger partial charge in [-0.1, -0.05) is 48.5 Å². The molecule has 0 aliphatic rings. The quantitative estimate of drug-likeness (QED) is 0.708. The van der Waals surface area contributed by atoms with Gasteiger partial charge in [0.05, 0.1) is 11.4 Å². The van der Waals surface area contributed by atoms with Gasteiger partial charge < -0.3 is 10.6 Å². The highest BCUT2D eigenvalue weighted by atomic mass is 16.2. The van der Waals surface area contributed by atoms with Crippen LogP contribution in [0, 0.1) is 0 Å². The van der Waals surface area contributed by atoms with Gasteiger partial charge in [0.2, 0.25) is 11.8 Å². The van der Waals surface area contributed by atoms with Crippen molar-refractivity contribution in [3.63, 3.8) is 0 Å². The molecule has 0 aliphatic carbocycles. The summed E-state index contributed by atoms with van der Waals surface area (Å²) in [6.07, 6.45) is 1.92. The van der Waals surface area contributed by atoms with Crippen LogP contribution in [0.2, 0.25) is 0 Å². The minimum atomic E-state index is -0.591. The zero-order valence-electron chi connectivity index (χ0n) is 15.3. The molecule has 2 aromatic carbocycles. The highest BCUT2D eigenvalue weighted by molar-refractivity contribution is 5.86. The first kappa shape index (κ1) is 18.4. The van der Waals surface area contributed by atoms with E-state index in [1.165, 1.54) is 6.92 Å². The summed E-state index contributed by atoms with van der Waals surface area (Å²) >= 11 is 0. The van der Waals surface area contributed by atoms with E-state index in [0.29, 0.717) is 6.54 Å². The third-order valence-electron chi connectivity index (χ3n) is 4.12.